The van der Waals surface area contributed by atoms with Crippen molar-refractivity contribution < 1.29 is 14.4 Å². The standard InChI is InChI=1S/C17H21N3O3/c1-3-12-4-6-13(7-5-12)16(22)19-8-9-20-14(10-19)17(23)18(2)11-15(20)21/h4-7,14H,3,8-11H2,1-2H3/t14-/m1/s1. The van der Waals surface area contributed by atoms with Crippen LogP contribution in [0.2, 0.25) is 0 Å². The number of amides is 3. The van der Waals surface area contributed by atoms with Gasteiger partial charge in [-0.25, -0.2) is 0 Å². The Balaban J connectivity index is 1.75. The molecule has 1 aromatic carbocycles. The molecule has 2 heterocycles. The number of hydrogen-bond donors (Lipinski definition) is 0. The molecule has 0 aliphatic carbocycles. The fraction of sp³-hybridized carbons (Fsp3) is 0.471. The van der Waals surface area contributed by atoms with Crippen LogP contribution in [-0.2, 0) is 16.0 Å². The first-order chi connectivity index (χ1) is 11.0. The second kappa shape index (κ2) is 6.02. The van der Waals surface area contributed by atoms with Gasteiger partial charge in [-0.2, -0.15) is 0 Å². The Labute approximate surface area is 135 Å². The molecule has 0 N–H and O–H groups in total. The molecule has 0 spiro atoms. The molecule has 2 aliphatic heterocycles. The second-order valence-electron chi connectivity index (χ2n) is 6.10. The molecule has 6 nitrogen and oxygen atoms in total. The van der Waals surface area contributed by atoms with E-state index in [1.165, 1.54) is 10.5 Å². The number of carbonyl (C=O) groups is 3. The summed E-state index contributed by atoms with van der Waals surface area (Å²) in [6.07, 6.45) is 0.929. The number of carbonyl (C=O) groups excluding carboxylic acids is 3. The first-order valence-electron chi connectivity index (χ1n) is 7.94. The van der Waals surface area contributed by atoms with Gasteiger partial charge in [0.15, 0.2) is 0 Å². The monoisotopic (exact) mass is 315 g/mol. The summed E-state index contributed by atoms with van der Waals surface area (Å²) in [4.78, 5) is 41.7. The lowest BCUT2D eigenvalue weighted by Crippen LogP contribution is -2.66. The minimum absolute atomic E-state index is 0.0449. The normalized spacial score (nSPS) is 21.5. The highest BCUT2D eigenvalue weighted by molar-refractivity contribution is 5.98. The summed E-state index contributed by atoms with van der Waals surface area (Å²) in [7, 11) is 1.63. The molecule has 122 valence electrons. The van der Waals surface area contributed by atoms with E-state index < -0.39 is 6.04 Å². The first-order valence-corrected chi connectivity index (χ1v) is 7.94. The first kappa shape index (κ1) is 15.5. The summed E-state index contributed by atoms with van der Waals surface area (Å²) in [6, 6.07) is 7.01. The molecule has 2 saturated heterocycles. The van der Waals surface area contributed by atoms with Crippen LogP contribution in [0.1, 0.15) is 22.8 Å². The fourth-order valence-electron chi connectivity index (χ4n) is 3.17. The number of benzene rings is 1. The van der Waals surface area contributed by atoms with Gasteiger partial charge in [0.1, 0.15) is 6.04 Å². The Hall–Kier alpha value is -2.37. The maximum Gasteiger partial charge on any atom is 0.253 e. The van der Waals surface area contributed by atoms with E-state index in [1.807, 2.05) is 24.3 Å². The molecule has 0 aromatic heterocycles. The average molecular weight is 315 g/mol. The topological polar surface area (TPSA) is 60.9 Å². The summed E-state index contributed by atoms with van der Waals surface area (Å²) in [5.74, 6) is -0.222. The third kappa shape index (κ3) is 2.81. The van der Waals surface area contributed by atoms with Crippen LogP contribution in [0.15, 0.2) is 24.3 Å². The summed E-state index contributed by atoms with van der Waals surface area (Å²) in [5.41, 5.74) is 1.81. The molecule has 0 radical (unpaired) electrons. The van der Waals surface area contributed by atoms with Crippen molar-refractivity contribution in [1.29, 1.82) is 0 Å². The van der Waals surface area contributed by atoms with E-state index in [9.17, 15) is 14.4 Å². The largest absolute Gasteiger partial charge is 0.335 e. The zero-order valence-electron chi connectivity index (χ0n) is 13.5. The fourth-order valence-corrected chi connectivity index (χ4v) is 3.17. The van der Waals surface area contributed by atoms with Crippen LogP contribution in [0.5, 0.6) is 0 Å². The van der Waals surface area contributed by atoms with Gasteiger partial charge in [0.05, 0.1) is 13.1 Å². The van der Waals surface area contributed by atoms with Crippen LogP contribution >= 0.6 is 0 Å². The summed E-state index contributed by atoms with van der Waals surface area (Å²) < 4.78 is 0. The minimum atomic E-state index is -0.547. The number of nitrogens with zero attached hydrogens (tertiary/aromatic N) is 3. The maximum absolute atomic E-state index is 12.6. The van der Waals surface area contributed by atoms with E-state index in [0.29, 0.717) is 18.7 Å². The van der Waals surface area contributed by atoms with Crippen molar-refractivity contribution in [1.82, 2.24) is 14.7 Å². The Bertz CT molecular complexity index is 641. The van der Waals surface area contributed by atoms with Crippen molar-refractivity contribution >= 4 is 17.7 Å². The van der Waals surface area contributed by atoms with Gasteiger partial charge in [-0.15, -0.1) is 0 Å². The number of piperazine rings is 2. The van der Waals surface area contributed by atoms with Gasteiger partial charge in [0.25, 0.3) is 5.91 Å². The zero-order valence-corrected chi connectivity index (χ0v) is 13.5. The number of fused-ring (bicyclic) bond motifs is 1. The lowest BCUT2D eigenvalue weighted by molar-refractivity contribution is -0.157. The number of hydrogen-bond acceptors (Lipinski definition) is 3. The van der Waals surface area contributed by atoms with Gasteiger partial charge in [0.2, 0.25) is 11.8 Å². The van der Waals surface area contributed by atoms with E-state index >= 15 is 0 Å². The van der Waals surface area contributed by atoms with Crippen molar-refractivity contribution in [2.24, 2.45) is 0 Å². The summed E-state index contributed by atoms with van der Waals surface area (Å²) in [6.45, 7) is 3.35. The number of rotatable bonds is 2. The zero-order chi connectivity index (χ0) is 16.6. The van der Waals surface area contributed by atoms with Crippen LogP contribution in [0.4, 0.5) is 0 Å². The van der Waals surface area contributed by atoms with Crippen LogP contribution in [0.3, 0.4) is 0 Å². The van der Waals surface area contributed by atoms with Gasteiger partial charge in [-0.3, -0.25) is 14.4 Å². The van der Waals surface area contributed by atoms with Crippen LogP contribution in [-0.4, -0.2) is 71.7 Å². The van der Waals surface area contributed by atoms with E-state index in [1.54, 1.807) is 16.8 Å². The molecule has 2 fully saturated rings. The van der Waals surface area contributed by atoms with Gasteiger partial charge < -0.3 is 14.7 Å². The van der Waals surface area contributed by atoms with Crippen molar-refractivity contribution in [3.05, 3.63) is 35.4 Å². The van der Waals surface area contributed by atoms with Gasteiger partial charge in [-0.1, -0.05) is 19.1 Å². The molecular formula is C17H21N3O3. The van der Waals surface area contributed by atoms with Crippen LogP contribution in [0, 0.1) is 0 Å². The lowest BCUT2D eigenvalue weighted by atomic mass is 10.0. The molecule has 0 bridgehead atoms. The van der Waals surface area contributed by atoms with Crippen molar-refractivity contribution in [2.75, 3.05) is 33.2 Å². The minimum Gasteiger partial charge on any atom is -0.335 e. The van der Waals surface area contributed by atoms with E-state index in [4.69, 9.17) is 0 Å². The van der Waals surface area contributed by atoms with Crippen LogP contribution in [0.25, 0.3) is 0 Å². The van der Waals surface area contributed by atoms with Gasteiger partial charge in [0, 0.05) is 25.7 Å². The molecule has 0 saturated carbocycles. The molecule has 3 rings (SSSR count). The molecule has 1 atom stereocenters. The SMILES string of the molecule is CCc1ccc(C(=O)N2CCN3C(=O)CN(C)C(=O)[C@H]3C2)cc1. The van der Waals surface area contributed by atoms with Gasteiger partial charge in [-0.05, 0) is 24.1 Å². The van der Waals surface area contributed by atoms with Crippen molar-refractivity contribution in [3.63, 3.8) is 0 Å². The average Bonchev–Trinajstić information content (AvgIpc) is 2.59. The number of likely N-dealkylation sites (N-methyl/N-ethyl adjacent to an activating group) is 1. The molecular weight excluding hydrogens is 294 g/mol. The Kier molecular flexibility index (Phi) is 4.07. The Morgan fingerprint density at radius 3 is 2.52 bits per heavy atom. The molecule has 1 aromatic rings. The van der Waals surface area contributed by atoms with E-state index in [2.05, 4.69) is 6.92 Å². The highest BCUT2D eigenvalue weighted by Crippen LogP contribution is 2.19. The molecule has 23 heavy (non-hydrogen) atoms. The smallest absolute Gasteiger partial charge is 0.253 e. The van der Waals surface area contributed by atoms with E-state index in [0.717, 1.165) is 6.42 Å². The Morgan fingerprint density at radius 1 is 1.17 bits per heavy atom. The van der Waals surface area contributed by atoms with Crippen molar-refractivity contribution in [3.8, 4) is 0 Å². The number of aryl methyl sites for hydroxylation is 1. The van der Waals surface area contributed by atoms with Crippen LogP contribution < -0.4 is 0 Å². The quantitative estimate of drug-likeness (QED) is 0.792. The molecule has 6 heteroatoms. The third-order valence-electron chi connectivity index (χ3n) is 4.63. The predicted octanol–water partition coefficient (Wildman–Crippen LogP) is 0.374. The molecule has 3 amide bonds. The third-order valence-corrected chi connectivity index (χ3v) is 4.63. The second-order valence-corrected chi connectivity index (χ2v) is 6.10. The summed E-state index contributed by atoms with van der Waals surface area (Å²) >= 11 is 0. The molecule has 2 aliphatic rings. The van der Waals surface area contributed by atoms with Gasteiger partial charge >= 0.3 is 0 Å². The Morgan fingerprint density at radius 2 is 1.87 bits per heavy atom. The maximum atomic E-state index is 12.6. The predicted molar refractivity (Wildman–Crippen MR) is 84.9 cm³/mol. The lowest BCUT2D eigenvalue weighted by Gasteiger charge is -2.45. The van der Waals surface area contributed by atoms with Crippen molar-refractivity contribution in [2.45, 2.75) is 19.4 Å². The van der Waals surface area contributed by atoms with E-state index in [-0.39, 0.29) is 30.8 Å². The molecule has 0 unspecified atom stereocenters. The highest BCUT2D eigenvalue weighted by Gasteiger charge is 2.42. The highest BCUT2D eigenvalue weighted by atomic mass is 16.2. The summed E-state index contributed by atoms with van der Waals surface area (Å²) in [5, 5.41) is 0.